The fraction of sp³-hybridized carbons (Fsp3) is 0.500. The smallest absolute Gasteiger partial charge is 0.324 e. The Morgan fingerprint density at radius 2 is 1.77 bits per heavy atom. The highest BCUT2D eigenvalue weighted by Gasteiger charge is 2.32. The number of carboxylic acid groups (broad SMARTS) is 1. The van der Waals surface area contributed by atoms with Crippen molar-refractivity contribution in [2.75, 3.05) is 0 Å². The van der Waals surface area contributed by atoms with Crippen molar-refractivity contribution in [2.45, 2.75) is 11.7 Å². The Labute approximate surface area is 73.4 Å². The summed E-state index contributed by atoms with van der Waals surface area (Å²) in [6, 6.07) is 0. The standard InChI is InChI=1S/C4H7NO6S.H2O/c5-3(6)1-2(4(7)8)12(9,10)11;/h2H,1H2,(H2,5,6)(H,7,8)(H,9,10,11);1H2. The Kier molecular flexibility index (Phi) is 5.23. The number of carboxylic acids is 1. The van der Waals surface area contributed by atoms with Crippen molar-refractivity contribution in [1.82, 2.24) is 0 Å². The highest BCUT2D eigenvalue weighted by molar-refractivity contribution is 7.87. The van der Waals surface area contributed by atoms with Gasteiger partial charge < -0.3 is 16.3 Å². The molecule has 0 saturated heterocycles. The van der Waals surface area contributed by atoms with Crippen LogP contribution in [0, 0.1) is 0 Å². The van der Waals surface area contributed by atoms with Crippen LogP contribution in [0.1, 0.15) is 6.42 Å². The summed E-state index contributed by atoms with van der Waals surface area (Å²) in [6.45, 7) is 0. The second-order valence-corrected chi connectivity index (χ2v) is 3.61. The van der Waals surface area contributed by atoms with E-state index in [1.165, 1.54) is 0 Å². The minimum atomic E-state index is -4.76. The van der Waals surface area contributed by atoms with Gasteiger partial charge in [0.2, 0.25) is 5.91 Å². The minimum Gasteiger partial charge on any atom is -0.480 e. The quantitative estimate of drug-likeness (QED) is 0.434. The van der Waals surface area contributed by atoms with Crippen LogP contribution in [0.2, 0.25) is 0 Å². The Bertz CT molecular complexity index is 294. The van der Waals surface area contributed by atoms with Gasteiger partial charge in [-0.25, -0.2) is 0 Å². The lowest BCUT2D eigenvalue weighted by atomic mass is 10.3. The third kappa shape index (κ3) is 5.11. The molecule has 0 aliphatic carbocycles. The van der Waals surface area contributed by atoms with Crippen LogP contribution >= 0.6 is 0 Å². The highest BCUT2D eigenvalue weighted by Crippen LogP contribution is 2.03. The van der Waals surface area contributed by atoms with Gasteiger partial charge in [0.05, 0.1) is 6.42 Å². The van der Waals surface area contributed by atoms with Gasteiger partial charge in [-0.05, 0) is 0 Å². The normalized spacial score (nSPS) is 12.7. The van der Waals surface area contributed by atoms with E-state index in [-0.39, 0.29) is 5.48 Å². The molecular formula is C4H9NO7S. The lowest BCUT2D eigenvalue weighted by molar-refractivity contribution is -0.138. The second-order valence-electron chi connectivity index (χ2n) is 2.01. The van der Waals surface area contributed by atoms with Crippen molar-refractivity contribution in [3.8, 4) is 0 Å². The summed E-state index contributed by atoms with van der Waals surface area (Å²) in [5.41, 5.74) is 4.55. The number of carbonyl (C=O) groups excluding carboxylic acids is 1. The number of rotatable bonds is 4. The van der Waals surface area contributed by atoms with E-state index in [0.717, 1.165) is 0 Å². The first-order chi connectivity index (χ1) is 5.25. The van der Waals surface area contributed by atoms with Gasteiger partial charge in [-0.15, -0.1) is 0 Å². The molecule has 0 aromatic heterocycles. The molecule has 0 aliphatic heterocycles. The van der Waals surface area contributed by atoms with E-state index in [1.807, 2.05) is 0 Å². The monoisotopic (exact) mass is 215 g/mol. The maximum atomic E-state index is 10.3. The predicted molar refractivity (Wildman–Crippen MR) is 40.4 cm³/mol. The summed E-state index contributed by atoms with van der Waals surface area (Å²) in [5.74, 6) is -2.92. The molecule has 1 amide bonds. The molecule has 1 unspecified atom stereocenters. The first kappa shape index (κ1) is 14.3. The molecule has 0 spiro atoms. The molecule has 9 heteroatoms. The molecule has 6 N–H and O–H groups in total. The van der Waals surface area contributed by atoms with Gasteiger partial charge in [0, 0.05) is 0 Å². The minimum absolute atomic E-state index is 0. The van der Waals surface area contributed by atoms with Gasteiger partial charge in [0.25, 0.3) is 10.1 Å². The largest absolute Gasteiger partial charge is 0.480 e. The van der Waals surface area contributed by atoms with E-state index < -0.39 is 33.7 Å². The molecule has 78 valence electrons. The van der Waals surface area contributed by atoms with Crippen LogP contribution in [0.25, 0.3) is 0 Å². The number of aliphatic carboxylic acids is 1. The summed E-state index contributed by atoms with van der Waals surface area (Å²) >= 11 is 0. The van der Waals surface area contributed by atoms with Gasteiger partial charge >= 0.3 is 5.97 Å². The number of hydrogen-bond donors (Lipinski definition) is 3. The van der Waals surface area contributed by atoms with E-state index in [2.05, 4.69) is 5.73 Å². The van der Waals surface area contributed by atoms with Gasteiger partial charge in [-0.1, -0.05) is 0 Å². The zero-order chi connectivity index (χ0) is 9.94. The molecule has 0 rings (SSSR count). The molecule has 0 radical (unpaired) electrons. The molecule has 0 fully saturated rings. The lowest BCUT2D eigenvalue weighted by Gasteiger charge is -2.04. The van der Waals surface area contributed by atoms with Crippen LogP contribution in [0.3, 0.4) is 0 Å². The Balaban J connectivity index is 0. The van der Waals surface area contributed by atoms with Crippen molar-refractivity contribution in [3.05, 3.63) is 0 Å². The van der Waals surface area contributed by atoms with Crippen molar-refractivity contribution in [1.29, 1.82) is 0 Å². The highest BCUT2D eigenvalue weighted by atomic mass is 32.2. The Morgan fingerprint density at radius 3 is 1.85 bits per heavy atom. The van der Waals surface area contributed by atoms with Gasteiger partial charge in [0.1, 0.15) is 0 Å². The van der Waals surface area contributed by atoms with E-state index in [4.69, 9.17) is 9.66 Å². The summed E-state index contributed by atoms with van der Waals surface area (Å²) < 4.78 is 28.8. The molecule has 8 nitrogen and oxygen atoms in total. The molecule has 0 bridgehead atoms. The van der Waals surface area contributed by atoms with Crippen molar-refractivity contribution in [3.63, 3.8) is 0 Å². The molecule has 0 heterocycles. The third-order valence-electron chi connectivity index (χ3n) is 1.02. The van der Waals surface area contributed by atoms with E-state index in [9.17, 15) is 18.0 Å². The number of hydrogen-bond acceptors (Lipinski definition) is 4. The fourth-order valence-corrected chi connectivity index (χ4v) is 1.13. The molecule has 0 aromatic rings. The first-order valence-electron chi connectivity index (χ1n) is 2.72. The number of amides is 1. The van der Waals surface area contributed by atoms with Crippen LogP contribution in [-0.4, -0.2) is 40.7 Å². The Hall–Kier alpha value is -1.19. The second kappa shape index (κ2) is 4.74. The topological polar surface area (TPSA) is 166 Å². The molecule has 0 aromatic carbocycles. The summed E-state index contributed by atoms with van der Waals surface area (Å²) in [5, 5.41) is 6.04. The summed E-state index contributed by atoms with van der Waals surface area (Å²) in [7, 11) is -4.76. The fourth-order valence-electron chi connectivity index (χ4n) is 0.503. The van der Waals surface area contributed by atoms with Crippen LogP contribution in [0.15, 0.2) is 0 Å². The van der Waals surface area contributed by atoms with Crippen molar-refractivity contribution < 1.29 is 33.1 Å². The molecule has 0 aliphatic rings. The summed E-state index contributed by atoms with van der Waals surface area (Å²) in [4.78, 5) is 20.3. The lowest BCUT2D eigenvalue weighted by Crippen LogP contribution is -2.34. The van der Waals surface area contributed by atoms with Crippen molar-refractivity contribution >= 4 is 22.0 Å². The van der Waals surface area contributed by atoms with Crippen LogP contribution in [0.4, 0.5) is 0 Å². The molecular weight excluding hydrogens is 206 g/mol. The van der Waals surface area contributed by atoms with E-state index in [1.54, 1.807) is 0 Å². The molecule has 0 saturated carbocycles. The molecule has 13 heavy (non-hydrogen) atoms. The van der Waals surface area contributed by atoms with Crippen molar-refractivity contribution in [2.24, 2.45) is 5.73 Å². The average Bonchev–Trinajstić information content (AvgIpc) is 1.79. The maximum Gasteiger partial charge on any atom is 0.324 e. The van der Waals surface area contributed by atoms with Crippen LogP contribution in [-0.2, 0) is 19.7 Å². The van der Waals surface area contributed by atoms with Gasteiger partial charge in [-0.3, -0.25) is 14.1 Å². The SMILES string of the molecule is NC(=O)CC(C(=O)O)S(=O)(=O)O.O. The predicted octanol–water partition coefficient (Wildman–Crippen LogP) is -2.62. The van der Waals surface area contributed by atoms with Crippen LogP contribution in [0.5, 0.6) is 0 Å². The molecule has 1 atom stereocenters. The third-order valence-corrected chi connectivity index (χ3v) is 2.11. The zero-order valence-electron chi connectivity index (χ0n) is 6.30. The number of primary amides is 1. The maximum absolute atomic E-state index is 10.3. The first-order valence-corrected chi connectivity index (χ1v) is 4.23. The average molecular weight is 215 g/mol. The van der Waals surface area contributed by atoms with Gasteiger partial charge in [0.15, 0.2) is 5.25 Å². The van der Waals surface area contributed by atoms with Gasteiger partial charge in [-0.2, -0.15) is 8.42 Å². The zero-order valence-corrected chi connectivity index (χ0v) is 7.11. The van der Waals surface area contributed by atoms with E-state index >= 15 is 0 Å². The number of nitrogens with two attached hydrogens (primary N) is 1. The Morgan fingerprint density at radius 1 is 1.38 bits per heavy atom. The van der Waals surface area contributed by atoms with E-state index in [0.29, 0.717) is 0 Å². The number of carbonyl (C=O) groups is 2. The summed E-state index contributed by atoms with van der Waals surface area (Å²) in [6.07, 6.45) is -0.936. The van der Waals surface area contributed by atoms with Crippen LogP contribution < -0.4 is 5.73 Å².